The van der Waals surface area contributed by atoms with Gasteiger partial charge in [0, 0.05) is 42.6 Å². The Hall–Kier alpha value is -3.04. The van der Waals surface area contributed by atoms with Crippen LogP contribution in [0.5, 0.6) is 0 Å². The van der Waals surface area contributed by atoms with Crippen LogP contribution in [0.1, 0.15) is 22.7 Å². The summed E-state index contributed by atoms with van der Waals surface area (Å²) in [7, 11) is 1.63. The maximum Gasteiger partial charge on any atom is 0.355 e. The second kappa shape index (κ2) is 6.29. The van der Waals surface area contributed by atoms with Crippen LogP contribution in [-0.2, 0) is 10.4 Å². The number of carbonyl (C=O) groups excluding carboxylic acids is 1. The molecule has 3 aromatic rings. The fourth-order valence-corrected chi connectivity index (χ4v) is 3.80. The monoisotopic (exact) mass is 385 g/mol. The summed E-state index contributed by atoms with van der Waals surface area (Å²) in [5, 5.41) is 25.7. The van der Waals surface area contributed by atoms with Gasteiger partial charge in [0.25, 0.3) is 5.91 Å². The molecule has 1 fully saturated rings. The van der Waals surface area contributed by atoms with Crippen molar-refractivity contribution in [2.75, 3.05) is 13.6 Å². The standard InChI is InChI=1S/C18H15N3O5S/c1-21-6-5-18(25,17(21)24)14-8-12(20-26-14)10-3-2-4-11(7-10)15-19-13(9-27-15)16(22)23/h2-4,7-9,25H,5-6H2,1H3,(H,22,23). The number of aliphatic hydroxyl groups is 1. The van der Waals surface area contributed by atoms with Gasteiger partial charge in [-0.05, 0) is 6.07 Å². The fraction of sp³-hybridized carbons (Fsp3) is 0.222. The quantitative estimate of drug-likeness (QED) is 0.707. The van der Waals surface area contributed by atoms with Crippen LogP contribution in [0.15, 0.2) is 40.2 Å². The lowest BCUT2D eigenvalue weighted by Crippen LogP contribution is -2.35. The normalized spacial score (nSPS) is 19.6. The number of carboxylic acid groups (broad SMARTS) is 1. The summed E-state index contributed by atoms with van der Waals surface area (Å²) in [6.07, 6.45) is 0.244. The number of amides is 1. The summed E-state index contributed by atoms with van der Waals surface area (Å²) in [4.78, 5) is 28.8. The Morgan fingerprint density at radius 1 is 1.33 bits per heavy atom. The molecule has 0 spiro atoms. The van der Waals surface area contributed by atoms with E-state index in [0.717, 1.165) is 5.56 Å². The highest BCUT2D eigenvalue weighted by molar-refractivity contribution is 7.13. The molecule has 3 heterocycles. The van der Waals surface area contributed by atoms with Gasteiger partial charge in [-0.3, -0.25) is 4.79 Å². The Labute approximate surface area is 157 Å². The molecule has 8 nitrogen and oxygen atoms in total. The van der Waals surface area contributed by atoms with Crippen LogP contribution in [0.4, 0.5) is 0 Å². The minimum Gasteiger partial charge on any atom is -0.476 e. The molecular weight excluding hydrogens is 370 g/mol. The van der Waals surface area contributed by atoms with Gasteiger partial charge >= 0.3 is 5.97 Å². The highest BCUT2D eigenvalue weighted by Crippen LogP contribution is 2.35. The first kappa shape index (κ1) is 17.4. The summed E-state index contributed by atoms with van der Waals surface area (Å²) >= 11 is 1.23. The molecule has 2 aromatic heterocycles. The van der Waals surface area contributed by atoms with Gasteiger partial charge < -0.3 is 19.6 Å². The van der Waals surface area contributed by atoms with Gasteiger partial charge in [-0.15, -0.1) is 11.3 Å². The van der Waals surface area contributed by atoms with Crippen molar-refractivity contribution in [3.63, 3.8) is 0 Å². The minimum absolute atomic E-state index is 0.00443. The second-order valence-corrected chi connectivity index (χ2v) is 7.20. The maximum absolute atomic E-state index is 12.2. The molecule has 0 bridgehead atoms. The van der Waals surface area contributed by atoms with Crippen LogP contribution in [-0.4, -0.2) is 50.7 Å². The highest BCUT2D eigenvalue weighted by atomic mass is 32.1. The smallest absolute Gasteiger partial charge is 0.355 e. The number of aromatic nitrogens is 2. The van der Waals surface area contributed by atoms with Crippen LogP contribution in [0.2, 0.25) is 0 Å². The molecule has 9 heteroatoms. The summed E-state index contributed by atoms with van der Waals surface area (Å²) in [5.74, 6) is -1.38. The molecule has 1 atom stereocenters. The van der Waals surface area contributed by atoms with E-state index in [-0.39, 0.29) is 17.9 Å². The molecule has 1 aliphatic rings. The molecule has 0 radical (unpaired) electrons. The molecule has 1 saturated heterocycles. The topological polar surface area (TPSA) is 117 Å². The molecule has 0 aliphatic carbocycles. The Morgan fingerprint density at radius 2 is 2.11 bits per heavy atom. The first-order valence-corrected chi connectivity index (χ1v) is 9.01. The second-order valence-electron chi connectivity index (χ2n) is 6.34. The molecular formula is C18H15N3O5S. The molecule has 1 aliphatic heterocycles. The van der Waals surface area contributed by atoms with E-state index in [0.29, 0.717) is 22.8 Å². The van der Waals surface area contributed by atoms with Crippen molar-refractivity contribution in [2.45, 2.75) is 12.0 Å². The van der Waals surface area contributed by atoms with Gasteiger partial charge in [-0.1, -0.05) is 23.4 Å². The number of likely N-dealkylation sites (tertiary alicyclic amines) is 1. The van der Waals surface area contributed by atoms with Crippen LogP contribution in [0, 0.1) is 0 Å². The van der Waals surface area contributed by atoms with Gasteiger partial charge in [0.1, 0.15) is 10.7 Å². The maximum atomic E-state index is 12.2. The SMILES string of the molecule is CN1CCC(O)(c2cc(-c3cccc(-c4nc(C(=O)O)cs4)c3)no2)C1=O. The van der Waals surface area contributed by atoms with E-state index in [1.54, 1.807) is 25.2 Å². The summed E-state index contributed by atoms with van der Waals surface area (Å²) in [5.41, 5.74) is 0.221. The summed E-state index contributed by atoms with van der Waals surface area (Å²) in [6.45, 7) is 0.441. The average Bonchev–Trinajstić information content (AvgIpc) is 3.39. The lowest BCUT2D eigenvalue weighted by molar-refractivity contribution is -0.144. The number of hydrogen-bond acceptors (Lipinski definition) is 7. The van der Waals surface area contributed by atoms with Crippen LogP contribution >= 0.6 is 11.3 Å². The predicted octanol–water partition coefficient (Wildman–Crippen LogP) is 2.21. The van der Waals surface area contributed by atoms with Crippen molar-refractivity contribution in [1.82, 2.24) is 15.0 Å². The number of hydrogen-bond donors (Lipinski definition) is 2. The van der Waals surface area contributed by atoms with E-state index >= 15 is 0 Å². The van der Waals surface area contributed by atoms with E-state index in [1.807, 2.05) is 12.1 Å². The number of aromatic carboxylic acids is 1. The molecule has 0 saturated carbocycles. The number of benzene rings is 1. The number of carboxylic acids is 1. The van der Waals surface area contributed by atoms with Crippen molar-refractivity contribution >= 4 is 23.2 Å². The van der Waals surface area contributed by atoms with Gasteiger partial charge in [-0.25, -0.2) is 9.78 Å². The Balaban J connectivity index is 1.66. The number of rotatable bonds is 4. The third-order valence-electron chi connectivity index (χ3n) is 4.56. The van der Waals surface area contributed by atoms with Gasteiger partial charge in [-0.2, -0.15) is 0 Å². The number of thiazole rings is 1. The number of carbonyl (C=O) groups is 2. The first-order chi connectivity index (χ1) is 12.9. The Morgan fingerprint density at radius 3 is 2.78 bits per heavy atom. The van der Waals surface area contributed by atoms with Crippen molar-refractivity contribution in [2.24, 2.45) is 0 Å². The molecule has 4 rings (SSSR count). The zero-order valence-electron chi connectivity index (χ0n) is 14.2. The van der Waals surface area contributed by atoms with E-state index in [4.69, 9.17) is 9.63 Å². The van der Waals surface area contributed by atoms with E-state index < -0.39 is 17.5 Å². The largest absolute Gasteiger partial charge is 0.476 e. The van der Waals surface area contributed by atoms with Crippen LogP contribution < -0.4 is 0 Å². The minimum atomic E-state index is -1.69. The number of nitrogens with zero attached hydrogens (tertiary/aromatic N) is 3. The van der Waals surface area contributed by atoms with Crippen molar-refractivity contribution in [3.8, 4) is 21.8 Å². The molecule has 1 amide bonds. The zero-order chi connectivity index (χ0) is 19.2. The third-order valence-corrected chi connectivity index (χ3v) is 5.45. The Kier molecular flexibility index (Phi) is 4.05. The van der Waals surface area contributed by atoms with Crippen molar-refractivity contribution in [3.05, 3.63) is 47.2 Å². The zero-order valence-corrected chi connectivity index (χ0v) is 15.1. The lowest BCUT2D eigenvalue weighted by atomic mass is 9.98. The van der Waals surface area contributed by atoms with Crippen molar-refractivity contribution in [1.29, 1.82) is 0 Å². The first-order valence-electron chi connectivity index (χ1n) is 8.13. The van der Waals surface area contributed by atoms with Crippen molar-refractivity contribution < 1.29 is 24.3 Å². The fourth-order valence-electron chi connectivity index (χ4n) is 3.00. The molecule has 138 valence electrons. The molecule has 1 unspecified atom stereocenters. The average molecular weight is 385 g/mol. The molecule has 1 aromatic carbocycles. The molecule has 27 heavy (non-hydrogen) atoms. The Bertz CT molecular complexity index is 1040. The van der Waals surface area contributed by atoms with E-state index in [1.165, 1.54) is 21.6 Å². The summed E-state index contributed by atoms with van der Waals surface area (Å²) < 4.78 is 5.27. The van der Waals surface area contributed by atoms with E-state index in [2.05, 4.69) is 10.1 Å². The molecule has 2 N–H and O–H groups in total. The predicted molar refractivity (Wildman–Crippen MR) is 96.2 cm³/mol. The van der Waals surface area contributed by atoms with Crippen LogP contribution in [0.3, 0.4) is 0 Å². The highest BCUT2D eigenvalue weighted by Gasteiger charge is 2.48. The van der Waals surface area contributed by atoms with Gasteiger partial charge in [0.2, 0.25) is 5.60 Å². The van der Waals surface area contributed by atoms with Gasteiger partial charge in [0.05, 0.1) is 0 Å². The van der Waals surface area contributed by atoms with Gasteiger partial charge in [0.15, 0.2) is 11.5 Å². The number of likely N-dealkylation sites (N-methyl/N-ethyl adjacent to an activating group) is 1. The lowest BCUT2D eigenvalue weighted by Gasteiger charge is -2.16. The summed E-state index contributed by atoms with van der Waals surface area (Å²) in [6, 6.07) is 8.78. The third kappa shape index (κ3) is 2.90. The van der Waals surface area contributed by atoms with E-state index in [9.17, 15) is 14.7 Å². The van der Waals surface area contributed by atoms with Crippen LogP contribution in [0.25, 0.3) is 21.8 Å².